The van der Waals surface area contributed by atoms with Crippen molar-refractivity contribution in [3.8, 4) is 0 Å². The number of thiophene rings is 1. The highest BCUT2D eigenvalue weighted by Gasteiger charge is 2.07. The third kappa shape index (κ3) is 3.41. The summed E-state index contributed by atoms with van der Waals surface area (Å²) in [6.07, 6.45) is 0. The number of thiocarbonyl (C=S) groups is 1. The predicted molar refractivity (Wildman–Crippen MR) is 61.1 cm³/mol. The number of nitrogens with two attached hydrogens (primary N) is 1. The van der Waals surface area contributed by atoms with E-state index >= 15 is 0 Å². The fourth-order valence-corrected chi connectivity index (χ4v) is 2.07. The average molecular weight is 279 g/mol. The Morgan fingerprint density at radius 1 is 1.69 bits per heavy atom. The molecule has 1 amide bonds. The van der Waals surface area contributed by atoms with Gasteiger partial charge in [-0.25, -0.2) is 0 Å². The van der Waals surface area contributed by atoms with Crippen molar-refractivity contribution in [3.05, 3.63) is 20.8 Å². The van der Waals surface area contributed by atoms with Crippen LogP contribution in [0, 0.1) is 0 Å². The molecule has 3 nitrogen and oxygen atoms in total. The molecule has 0 atom stereocenters. The molecule has 3 N–H and O–H groups in total. The van der Waals surface area contributed by atoms with Crippen LogP contribution in [0.4, 0.5) is 0 Å². The first kappa shape index (κ1) is 10.6. The second-order valence-electron chi connectivity index (χ2n) is 2.25. The molecule has 0 fully saturated rings. The fraction of sp³-hybridized carbons (Fsp3) is 0.143. The molecule has 0 aliphatic carbocycles. The quantitative estimate of drug-likeness (QED) is 0.825. The lowest BCUT2D eigenvalue weighted by Crippen LogP contribution is -2.31. The first-order valence-electron chi connectivity index (χ1n) is 3.41. The van der Waals surface area contributed by atoms with Gasteiger partial charge in [0.15, 0.2) is 0 Å². The molecule has 13 heavy (non-hydrogen) atoms. The van der Waals surface area contributed by atoms with Crippen LogP contribution in [0.15, 0.2) is 15.9 Å². The first-order valence-corrected chi connectivity index (χ1v) is 5.43. The van der Waals surface area contributed by atoms with Gasteiger partial charge in [0.2, 0.25) is 0 Å². The molecule has 0 bridgehead atoms. The molecule has 0 aliphatic rings. The molecule has 0 saturated carbocycles. The van der Waals surface area contributed by atoms with Gasteiger partial charge in [0.25, 0.3) is 5.91 Å². The molecule has 1 aromatic heterocycles. The lowest BCUT2D eigenvalue weighted by atomic mass is 10.4. The topological polar surface area (TPSA) is 55.1 Å². The summed E-state index contributed by atoms with van der Waals surface area (Å²) >= 11 is 9.26. The maximum absolute atomic E-state index is 11.3. The number of hydrogen-bond acceptors (Lipinski definition) is 3. The number of amides is 1. The van der Waals surface area contributed by atoms with Crippen LogP contribution < -0.4 is 11.1 Å². The minimum atomic E-state index is -0.150. The summed E-state index contributed by atoms with van der Waals surface area (Å²) in [4.78, 5) is 12.2. The molecule has 1 rings (SSSR count). The summed E-state index contributed by atoms with van der Waals surface area (Å²) in [5, 5.41) is 2.60. The van der Waals surface area contributed by atoms with Crippen LogP contribution in [0.5, 0.6) is 0 Å². The highest BCUT2D eigenvalue weighted by molar-refractivity contribution is 9.11. The second-order valence-corrected chi connectivity index (χ2v) is 5.24. The van der Waals surface area contributed by atoms with E-state index < -0.39 is 0 Å². The van der Waals surface area contributed by atoms with Gasteiger partial charge in [0, 0.05) is 0 Å². The SMILES string of the molecule is NC(=S)CNC(=O)c1ccc(Br)s1. The van der Waals surface area contributed by atoms with Crippen LogP contribution in [0.25, 0.3) is 0 Å². The third-order valence-corrected chi connectivity index (χ3v) is 2.99. The van der Waals surface area contributed by atoms with E-state index in [1.807, 2.05) is 6.07 Å². The second kappa shape index (κ2) is 4.69. The summed E-state index contributed by atoms with van der Waals surface area (Å²) in [6, 6.07) is 3.56. The highest BCUT2D eigenvalue weighted by atomic mass is 79.9. The molecule has 0 aliphatic heterocycles. The molecule has 0 radical (unpaired) electrons. The maximum Gasteiger partial charge on any atom is 0.261 e. The molecule has 70 valence electrons. The van der Waals surface area contributed by atoms with Gasteiger partial charge in [-0.15, -0.1) is 11.3 Å². The minimum Gasteiger partial charge on any atom is -0.392 e. The molecule has 1 heterocycles. The molecule has 0 spiro atoms. The largest absolute Gasteiger partial charge is 0.392 e. The van der Waals surface area contributed by atoms with Crippen molar-refractivity contribution in [2.45, 2.75) is 0 Å². The van der Waals surface area contributed by atoms with Gasteiger partial charge < -0.3 is 11.1 Å². The van der Waals surface area contributed by atoms with E-state index in [0.29, 0.717) is 4.88 Å². The molecule has 0 aromatic carbocycles. The van der Waals surface area contributed by atoms with Crippen LogP contribution in [0.2, 0.25) is 0 Å². The Morgan fingerprint density at radius 3 is 2.85 bits per heavy atom. The van der Waals surface area contributed by atoms with Crippen LogP contribution in [-0.2, 0) is 0 Å². The van der Waals surface area contributed by atoms with E-state index in [1.165, 1.54) is 11.3 Å². The average Bonchev–Trinajstić information content (AvgIpc) is 2.47. The number of hydrogen-bond donors (Lipinski definition) is 2. The molecule has 6 heteroatoms. The minimum absolute atomic E-state index is 0.150. The van der Waals surface area contributed by atoms with E-state index in [1.54, 1.807) is 6.07 Å². The van der Waals surface area contributed by atoms with Crippen LogP contribution in [0.1, 0.15) is 9.67 Å². The Kier molecular flexibility index (Phi) is 3.83. The van der Waals surface area contributed by atoms with E-state index in [4.69, 9.17) is 5.73 Å². The van der Waals surface area contributed by atoms with Crippen molar-refractivity contribution in [1.29, 1.82) is 0 Å². The monoisotopic (exact) mass is 278 g/mol. The van der Waals surface area contributed by atoms with E-state index in [9.17, 15) is 4.79 Å². The van der Waals surface area contributed by atoms with Crippen molar-refractivity contribution in [1.82, 2.24) is 5.32 Å². The van der Waals surface area contributed by atoms with Gasteiger partial charge in [-0.05, 0) is 28.1 Å². The molecular weight excluding hydrogens is 272 g/mol. The van der Waals surface area contributed by atoms with Gasteiger partial charge in [0.05, 0.1) is 20.2 Å². The predicted octanol–water partition coefficient (Wildman–Crippen LogP) is 1.53. The standard InChI is InChI=1S/C7H7BrN2OS2/c8-5-2-1-4(13-5)7(11)10-3-6(9)12/h1-2H,3H2,(H2,9,12)(H,10,11). The summed E-state index contributed by atoms with van der Waals surface area (Å²) < 4.78 is 0.924. The summed E-state index contributed by atoms with van der Waals surface area (Å²) in [5.41, 5.74) is 5.23. The van der Waals surface area contributed by atoms with E-state index in [2.05, 4.69) is 33.5 Å². The van der Waals surface area contributed by atoms with Crippen LogP contribution in [-0.4, -0.2) is 17.4 Å². The Bertz CT molecular complexity index is 337. The van der Waals surface area contributed by atoms with Crippen LogP contribution >= 0.6 is 39.5 Å². The van der Waals surface area contributed by atoms with Crippen molar-refractivity contribution >= 4 is 50.4 Å². The molecule has 0 saturated heterocycles. The summed E-state index contributed by atoms with van der Waals surface area (Å²) in [7, 11) is 0. The molecule has 0 unspecified atom stereocenters. The molecular formula is C7H7BrN2OS2. The highest BCUT2D eigenvalue weighted by Crippen LogP contribution is 2.21. The maximum atomic E-state index is 11.3. The summed E-state index contributed by atoms with van der Waals surface area (Å²) in [6.45, 7) is 0.240. The number of rotatable bonds is 3. The Morgan fingerprint density at radius 2 is 2.38 bits per heavy atom. The number of nitrogens with one attached hydrogen (secondary N) is 1. The summed E-state index contributed by atoms with van der Waals surface area (Å²) in [5.74, 6) is -0.150. The van der Waals surface area contributed by atoms with Crippen molar-refractivity contribution < 1.29 is 4.79 Å². The first-order chi connectivity index (χ1) is 6.09. The van der Waals surface area contributed by atoms with E-state index in [-0.39, 0.29) is 17.4 Å². The van der Waals surface area contributed by atoms with Crippen molar-refractivity contribution in [3.63, 3.8) is 0 Å². The zero-order valence-corrected chi connectivity index (χ0v) is 9.76. The van der Waals surface area contributed by atoms with Gasteiger partial charge in [-0.1, -0.05) is 12.2 Å². The third-order valence-electron chi connectivity index (χ3n) is 1.22. The Hall–Kier alpha value is -0.460. The van der Waals surface area contributed by atoms with Gasteiger partial charge in [0.1, 0.15) is 0 Å². The van der Waals surface area contributed by atoms with Gasteiger partial charge in [-0.3, -0.25) is 4.79 Å². The Labute approximate surface area is 93.4 Å². The lowest BCUT2D eigenvalue weighted by molar-refractivity contribution is 0.0963. The van der Waals surface area contributed by atoms with Crippen molar-refractivity contribution in [2.24, 2.45) is 5.73 Å². The number of carbonyl (C=O) groups excluding carboxylic acids is 1. The fourth-order valence-electron chi connectivity index (χ4n) is 0.691. The zero-order chi connectivity index (χ0) is 9.84. The van der Waals surface area contributed by atoms with Gasteiger partial charge >= 0.3 is 0 Å². The van der Waals surface area contributed by atoms with E-state index in [0.717, 1.165) is 3.79 Å². The zero-order valence-electron chi connectivity index (χ0n) is 6.54. The smallest absolute Gasteiger partial charge is 0.261 e. The number of carbonyl (C=O) groups is 1. The van der Waals surface area contributed by atoms with Crippen molar-refractivity contribution in [2.75, 3.05) is 6.54 Å². The van der Waals surface area contributed by atoms with Crippen LogP contribution in [0.3, 0.4) is 0 Å². The van der Waals surface area contributed by atoms with Gasteiger partial charge in [-0.2, -0.15) is 0 Å². The normalized spacial score (nSPS) is 9.62. The number of halogens is 1. The molecule has 1 aromatic rings. The Balaban J connectivity index is 2.54. The lowest BCUT2D eigenvalue weighted by Gasteiger charge is -2.00.